The third-order valence-electron chi connectivity index (χ3n) is 4.40. The highest BCUT2D eigenvalue weighted by Gasteiger charge is 2.08. The smallest absolute Gasteiger partial charge is 0.243 e. The Bertz CT molecular complexity index is 757. The largest absolute Gasteiger partial charge is 0.494 e. The standard InChI is InChI=1S/C23H28N2O3/c1-3-22(26)24-15-17-25(4-2)16-8-18-28-21-13-11-20(12-14-21)23(27)19-9-6-5-7-10-19/h3,5-7,9-14H,1,4,8,15-18H2,2H3,(H,24,26). The molecule has 0 bridgehead atoms. The van der Waals surface area contributed by atoms with Crippen molar-refractivity contribution >= 4 is 11.7 Å². The molecule has 0 saturated heterocycles. The maximum Gasteiger partial charge on any atom is 0.243 e. The van der Waals surface area contributed by atoms with Crippen LogP contribution in [0.25, 0.3) is 0 Å². The molecule has 28 heavy (non-hydrogen) atoms. The van der Waals surface area contributed by atoms with Crippen LogP contribution in [0.5, 0.6) is 5.75 Å². The first-order chi connectivity index (χ1) is 13.6. The number of nitrogens with zero attached hydrogens (tertiary/aromatic N) is 1. The molecule has 5 heteroatoms. The summed E-state index contributed by atoms with van der Waals surface area (Å²) in [5, 5.41) is 2.78. The van der Waals surface area contributed by atoms with Crippen molar-refractivity contribution in [1.82, 2.24) is 10.2 Å². The third kappa shape index (κ3) is 7.00. The van der Waals surface area contributed by atoms with E-state index in [1.807, 2.05) is 42.5 Å². The quantitative estimate of drug-likeness (QED) is 0.349. The van der Waals surface area contributed by atoms with Crippen molar-refractivity contribution in [2.75, 3.05) is 32.8 Å². The molecule has 1 amide bonds. The van der Waals surface area contributed by atoms with Crippen molar-refractivity contribution in [3.63, 3.8) is 0 Å². The molecule has 0 fully saturated rings. The lowest BCUT2D eigenvalue weighted by Crippen LogP contribution is -2.35. The monoisotopic (exact) mass is 380 g/mol. The molecule has 0 aliphatic rings. The van der Waals surface area contributed by atoms with Crippen molar-refractivity contribution < 1.29 is 14.3 Å². The Morgan fingerprint density at radius 3 is 2.36 bits per heavy atom. The predicted molar refractivity (Wildman–Crippen MR) is 112 cm³/mol. The fraction of sp³-hybridized carbons (Fsp3) is 0.304. The summed E-state index contributed by atoms with van der Waals surface area (Å²) >= 11 is 0. The molecule has 0 aliphatic carbocycles. The minimum Gasteiger partial charge on any atom is -0.494 e. The first-order valence-corrected chi connectivity index (χ1v) is 9.59. The van der Waals surface area contributed by atoms with E-state index in [4.69, 9.17) is 4.74 Å². The van der Waals surface area contributed by atoms with Crippen LogP contribution >= 0.6 is 0 Å². The minimum absolute atomic E-state index is 0.00860. The number of ketones is 1. The second-order valence-corrected chi connectivity index (χ2v) is 6.35. The summed E-state index contributed by atoms with van der Waals surface area (Å²) in [5.74, 6) is 0.619. The zero-order valence-electron chi connectivity index (χ0n) is 16.4. The lowest BCUT2D eigenvalue weighted by molar-refractivity contribution is -0.116. The molecule has 2 aromatic rings. The van der Waals surface area contributed by atoms with E-state index in [0.717, 1.165) is 31.8 Å². The zero-order valence-corrected chi connectivity index (χ0v) is 16.4. The lowest BCUT2D eigenvalue weighted by atomic mass is 10.0. The maximum absolute atomic E-state index is 12.4. The van der Waals surface area contributed by atoms with E-state index in [1.54, 1.807) is 12.1 Å². The molecule has 0 aliphatic heterocycles. The van der Waals surface area contributed by atoms with Gasteiger partial charge in [0.15, 0.2) is 5.78 Å². The van der Waals surface area contributed by atoms with E-state index in [2.05, 4.69) is 23.7 Å². The molecule has 0 unspecified atom stereocenters. The summed E-state index contributed by atoms with van der Waals surface area (Å²) in [5.41, 5.74) is 1.33. The summed E-state index contributed by atoms with van der Waals surface area (Å²) in [7, 11) is 0. The van der Waals surface area contributed by atoms with Crippen LogP contribution in [0.3, 0.4) is 0 Å². The number of hydrogen-bond donors (Lipinski definition) is 1. The highest BCUT2D eigenvalue weighted by atomic mass is 16.5. The molecule has 0 saturated carbocycles. The molecule has 0 heterocycles. The number of benzene rings is 2. The second kappa shape index (κ2) is 11.7. The first kappa shape index (κ1) is 21.4. The predicted octanol–water partition coefficient (Wildman–Crippen LogP) is 3.31. The van der Waals surface area contributed by atoms with Gasteiger partial charge in [0.1, 0.15) is 5.75 Å². The SMILES string of the molecule is C=CC(=O)NCCN(CC)CCCOc1ccc(C(=O)c2ccccc2)cc1. The molecule has 2 rings (SSSR count). The zero-order chi connectivity index (χ0) is 20.2. The molecule has 0 atom stereocenters. The van der Waals surface area contributed by atoms with Gasteiger partial charge in [0.05, 0.1) is 6.61 Å². The van der Waals surface area contributed by atoms with Crippen molar-refractivity contribution in [2.45, 2.75) is 13.3 Å². The Labute approximate surface area is 167 Å². The Morgan fingerprint density at radius 2 is 1.71 bits per heavy atom. The highest BCUT2D eigenvalue weighted by molar-refractivity contribution is 6.08. The Hall–Kier alpha value is -2.92. The number of nitrogens with one attached hydrogen (secondary N) is 1. The molecule has 0 spiro atoms. The van der Waals surface area contributed by atoms with Crippen LogP contribution in [0.2, 0.25) is 0 Å². The molecular weight excluding hydrogens is 352 g/mol. The Kier molecular flexibility index (Phi) is 8.95. The van der Waals surface area contributed by atoms with E-state index in [9.17, 15) is 9.59 Å². The summed E-state index contributed by atoms with van der Waals surface area (Å²) in [6.07, 6.45) is 2.16. The number of amides is 1. The summed E-state index contributed by atoms with van der Waals surface area (Å²) in [4.78, 5) is 25.8. The van der Waals surface area contributed by atoms with Crippen LogP contribution in [0.4, 0.5) is 0 Å². The van der Waals surface area contributed by atoms with Gasteiger partial charge >= 0.3 is 0 Å². The summed E-state index contributed by atoms with van der Waals surface area (Å²) in [6, 6.07) is 16.5. The van der Waals surface area contributed by atoms with Crippen LogP contribution in [0.15, 0.2) is 67.3 Å². The van der Waals surface area contributed by atoms with Crippen molar-refractivity contribution in [1.29, 1.82) is 0 Å². The van der Waals surface area contributed by atoms with E-state index in [-0.39, 0.29) is 11.7 Å². The topological polar surface area (TPSA) is 58.6 Å². The molecule has 0 aromatic heterocycles. The van der Waals surface area contributed by atoms with Gasteiger partial charge in [0, 0.05) is 30.8 Å². The molecule has 1 N–H and O–H groups in total. The van der Waals surface area contributed by atoms with Gasteiger partial charge in [-0.2, -0.15) is 0 Å². The van der Waals surface area contributed by atoms with Crippen LogP contribution in [-0.2, 0) is 4.79 Å². The van der Waals surface area contributed by atoms with Crippen molar-refractivity contribution in [2.24, 2.45) is 0 Å². The van der Waals surface area contributed by atoms with Gasteiger partial charge in [-0.25, -0.2) is 0 Å². The average Bonchev–Trinajstić information content (AvgIpc) is 2.75. The van der Waals surface area contributed by atoms with Crippen molar-refractivity contribution in [3.05, 3.63) is 78.4 Å². The van der Waals surface area contributed by atoms with E-state index in [0.29, 0.717) is 24.3 Å². The Morgan fingerprint density at radius 1 is 1.04 bits per heavy atom. The second-order valence-electron chi connectivity index (χ2n) is 6.35. The fourth-order valence-corrected chi connectivity index (χ4v) is 2.77. The van der Waals surface area contributed by atoms with Gasteiger partial charge < -0.3 is 15.0 Å². The van der Waals surface area contributed by atoms with Gasteiger partial charge in [0.25, 0.3) is 0 Å². The average molecular weight is 380 g/mol. The highest BCUT2D eigenvalue weighted by Crippen LogP contribution is 2.15. The molecule has 0 radical (unpaired) electrons. The van der Waals surface area contributed by atoms with Crippen LogP contribution in [-0.4, -0.2) is 49.4 Å². The molecule has 5 nitrogen and oxygen atoms in total. The van der Waals surface area contributed by atoms with E-state index >= 15 is 0 Å². The van der Waals surface area contributed by atoms with Gasteiger partial charge in [0.2, 0.25) is 5.91 Å². The Balaban J connectivity index is 1.72. The van der Waals surface area contributed by atoms with Crippen LogP contribution in [0, 0.1) is 0 Å². The molecule has 2 aromatic carbocycles. The van der Waals surface area contributed by atoms with Crippen LogP contribution in [0.1, 0.15) is 29.3 Å². The van der Waals surface area contributed by atoms with Gasteiger partial charge in [-0.1, -0.05) is 43.8 Å². The van der Waals surface area contributed by atoms with E-state index < -0.39 is 0 Å². The number of rotatable bonds is 12. The summed E-state index contributed by atoms with van der Waals surface area (Å²) in [6.45, 7) is 9.35. The normalized spacial score (nSPS) is 10.5. The van der Waals surface area contributed by atoms with Gasteiger partial charge in [-0.3, -0.25) is 9.59 Å². The number of hydrogen-bond acceptors (Lipinski definition) is 4. The first-order valence-electron chi connectivity index (χ1n) is 9.59. The number of carbonyl (C=O) groups is 2. The van der Waals surface area contributed by atoms with Gasteiger partial charge in [-0.05, 0) is 43.3 Å². The minimum atomic E-state index is -0.145. The van der Waals surface area contributed by atoms with Crippen molar-refractivity contribution in [3.8, 4) is 5.75 Å². The number of ether oxygens (including phenoxy) is 1. The lowest BCUT2D eigenvalue weighted by Gasteiger charge is -2.20. The maximum atomic E-state index is 12.4. The van der Waals surface area contributed by atoms with Gasteiger partial charge in [-0.15, -0.1) is 0 Å². The molecular formula is C23H28N2O3. The van der Waals surface area contributed by atoms with E-state index in [1.165, 1.54) is 6.08 Å². The number of likely N-dealkylation sites (N-methyl/N-ethyl adjacent to an activating group) is 1. The molecule has 148 valence electrons. The number of carbonyl (C=O) groups excluding carboxylic acids is 2. The van der Waals surface area contributed by atoms with Crippen LogP contribution < -0.4 is 10.1 Å². The summed E-state index contributed by atoms with van der Waals surface area (Å²) < 4.78 is 5.78. The third-order valence-corrected chi connectivity index (χ3v) is 4.40. The fourth-order valence-electron chi connectivity index (χ4n) is 2.77.